The maximum absolute atomic E-state index is 12.5. The van der Waals surface area contributed by atoms with E-state index in [0.29, 0.717) is 24.8 Å². The Morgan fingerprint density at radius 2 is 2.28 bits per heavy atom. The summed E-state index contributed by atoms with van der Waals surface area (Å²) >= 11 is 1.19. The van der Waals surface area contributed by atoms with Crippen LogP contribution in [-0.2, 0) is 6.54 Å². The van der Waals surface area contributed by atoms with Crippen LogP contribution in [0.3, 0.4) is 0 Å². The van der Waals surface area contributed by atoms with E-state index < -0.39 is 0 Å². The molecule has 0 saturated carbocycles. The first-order valence-corrected chi connectivity index (χ1v) is 8.96. The van der Waals surface area contributed by atoms with Gasteiger partial charge in [-0.15, -0.1) is 0 Å². The number of urea groups is 1. The van der Waals surface area contributed by atoms with Gasteiger partial charge in [0.25, 0.3) is 0 Å². The van der Waals surface area contributed by atoms with Crippen LogP contribution in [0.4, 0.5) is 4.79 Å². The monoisotopic (exact) mass is 358 g/mol. The van der Waals surface area contributed by atoms with Crippen LogP contribution in [0.25, 0.3) is 11.0 Å². The summed E-state index contributed by atoms with van der Waals surface area (Å²) in [6.07, 6.45) is 1.90. The minimum absolute atomic E-state index is 0.0681. The molecule has 9 heteroatoms. The summed E-state index contributed by atoms with van der Waals surface area (Å²) in [6, 6.07) is 5.78. The van der Waals surface area contributed by atoms with Gasteiger partial charge in [-0.3, -0.25) is 0 Å². The predicted octanol–water partition coefficient (Wildman–Crippen LogP) is 2.47. The van der Waals surface area contributed by atoms with Crippen molar-refractivity contribution in [2.45, 2.75) is 32.2 Å². The number of likely N-dealkylation sites (tertiary alicyclic amines) is 1. The molecule has 2 aromatic heterocycles. The number of carbonyl (C=O) groups excluding carboxylic acids is 1. The fourth-order valence-electron chi connectivity index (χ4n) is 3.08. The molecule has 1 aliphatic rings. The van der Waals surface area contributed by atoms with Gasteiger partial charge in [-0.25, -0.2) is 4.79 Å². The molecule has 8 nitrogen and oxygen atoms in total. The maximum atomic E-state index is 12.5. The average molecular weight is 358 g/mol. The number of nitrogens with zero attached hydrogens (tertiary/aromatic N) is 5. The van der Waals surface area contributed by atoms with Crippen molar-refractivity contribution in [2.24, 2.45) is 0 Å². The molecule has 0 radical (unpaired) electrons. The number of aryl methyl sites for hydroxylation is 1. The molecule has 130 valence electrons. The van der Waals surface area contributed by atoms with E-state index in [1.54, 1.807) is 6.92 Å². The smallest absolute Gasteiger partial charge is 0.317 e. The van der Waals surface area contributed by atoms with Crippen molar-refractivity contribution in [1.29, 1.82) is 0 Å². The zero-order valence-corrected chi connectivity index (χ0v) is 14.6. The van der Waals surface area contributed by atoms with E-state index in [2.05, 4.69) is 24.2 Å². The zero-order valence-electron chi connectivity index (χ0n) is 13.8. The molecular formula is C16H18N6O2S. The van der Waals surface area contributed by atoms with E-state index in [4.69, 9.17) is 4.52 Å². The van der Waals surface area contributed by atoms with E-state index >= 15 is 0 Å². The first-order valence-electron chi connectivity index (χ1n) is 8.23. The van der Waals surface area contributed by atoms with Crippen LogP contribution in [0.15, 0.2) is 22.7 Å². The summed E-state index contributed by atoms with van der Waals surface area (Å²) in [4.78, 5) is 18.6. The number of carbonyl (C=O) groups is 1. The van der Waals surface area contributed by atoms with E-state index in [0.717, 1.165) is 36.0 Å². The molecule has 1 fully saturated rings. The Labute approximate surface area is 148 Å². The Kier molecular flexibility index (Phi) is 4.31. The Balaban J connectivity index is 1.36. The summed E-state index contributed by atoms with van der Waals surface area (Å²) in [5, 5.41) is 6.98. The van der Waals surface area contributed by atoms with Crippen molar-refractivity contribution in [3.05, 3.63) is 35.5 Å². The van der Waals surface area contributed by atoms with E-state index in [1.807, 2.05) is 23.1 Å². The lowest BCUT2D eigenvalue weighted by atomic mass is 9.98. The average Bonchev–Trinajstić information content (AvgIpc) is 3.28. The largest absolute Gasteiger partial charge is 0.340 e. The topological polar surface area (TPSA) is 97.0 Å². The lowest BCUT2D eigenvalue weighted by molar-refractivity contribution is 0.177. The summed E-state index contributed by atoms with van der Waals surface area (Å²) in [6.45, 7) is 3.60. The Morgan fingerprint density at radius 3 is 3.12 bits per heavy atom. The Bertz CT molecular complexity index is 892. The third-order valence-corrected chi connectivity index (χ3v) is 4.94. The van der Waals surface area contributed by atoms with Gasteiger partial charge in [0.1, 0.15) is 11.0 Å². The van der Waals surface area contributed by atoms with Crippen molar-refractivity contribution in [3.8, 4) is 0 Å². The molecule has 3 aromatic rings. The number of rotatable bonds is 3. The number of amides is 2. The van der Waals surface area contributed by atoms with E-state index in [1.165, 1.54) is 11.7 Å². The molecular weight excluding hydrogens is 340 g/mol. The van der Waals surface area contributed by atoms with Gasteiger partial charge >= 0.3 is 6.03 Å². The molecule has 1 saturated heterocycles. The highest BCUT2D eigenvalue weighted by molar-refractivity contribution is 7.00. The maximum Gasteiger partial charge on any atom is 0.317 e. The highest BCUT2D eigenvalue weighted by atomic mass is 32.1. The number of benzene rings is 1. The molecule has 1 aromatic carbocycles. The standard InChI is InChI=1S/C16H18N6O2S/c1-10-18-15(19-24-10)12-3-2-6-22(9-12)16(23)17-8-11-4-5-13-14(7-11)21-25-20-13/h4-5,7,12H,2-3,6,8-9H2,1H3,(H,17,23)/t12-/m1/s1. The third kappa shape index (κ3) is 3.46. The van der Waals surface area contributed by atoms with Gasteiger partial charge in [-0.2, -0.15) is 13.7 Å². The minimum Gasteiger partial charge on any atom is -0.340 e. The van der Waals surface area contributed by atoms with Crippen LogP contribution in [0.5, 0.6) is 0 Å². The van der Waals surface area contributed by atoms with Crippen molar-refractivity contribution in [2.75, 3.05) is 13.1 Å². The van der Waals surface area contributed by atoms with Crippen molar-refractivity contribution >= 4 is 28.8 Å². The van der Waals surface area contributed by atoms with Crippen molar-refractivity contribution < 1.29 is 9.32 Å². The van der Waals surface area contributed by atoms with E-state index in [9.17, 15) is 4.79 Å². The van der Waals surface area contributed by atoms with Crippen LogP contribution in [-0.4, -0.2) is 42.9 Å². The fourth-order valence-corrected chi connectivity index (χ4v) is 3.60. The molecule has 0 aliphatic carbocycles. The highest BCUT2D eigenvalue weighted by Gasteiger charge is 2.27. The molecule has 1 N–H and O–H groups in total. The van der Waals surface area contributed by atoms with Crippen LogP contribution in [0.1, 0.15) is 36.0 Å². The van der Waals surface area contributed by atoms with Crippen LogP contribution >= 0.6 is 11.7 Å². The molecule has 4 rings (SSSR count). The van der Waals surface area contributed by atoms with Gasteiger partial charge in [-0.1, -0.05) is 11.2 Å². The number of piperidine rings is 1. The highest BCUT2D eigenvalue weighted by Crippen LogP contribution is 2.24. The molecule has 0 bridgehead atoms. The quantitative estimate of drug-likeness (QED) is 0.772. The summed E-state index contributed by atoms with van der Waals surface area (Å²) in [7, 11) is 0. The number of aromatic nitrogens is 4. The molecule has 1 aliphatic heterocycles. The molecule has 0 unspecified atom stereocenters. The number of fused-ring (bicyclic) bond motifs is 1. The lowest BCUT2D eigenvalue weighted by Crippen LogP contribution is -2.44. The number of nitrogens with one attached hydrogen (secondary N) is 1. The fraction of sp³-hybridized carbons (Fsp3) is 0.438. The first kappa shape index (κ1) is 15.9. The second-order valence-corrected chi connectivity index (χ2v) is 6.73. The predicted molar refractivity (Wildman–Crippen MR) is 92.2 cm³/mol. The van der Waals surface area contributed by atoms with Gasteiger partial charge in [-0.05, 0) is 30.5 Å². The first-order chi connectivity index (χ1) is 12.2. The molecule has 25 heavy (non-hydrogen) atoms. The molecule has 1 atom stereocenters. The van der Waals surface area contributed by atoms with Crippen molar-refractivity contribution in [1.82, 2.24) is 29.1 Å². The number of hydrogen-bond acceptors (Lipinski definition) is 7. The second kappa shape index (κ2) is 6.75. The summed E-state index contributed by atoms with van der Waals surface area (Å²) in [5.74, 6) is 1.38. The van der Waals surface area contributed by atoms with Gasteiger partial charge in [0.2, 0.25) is 5.89 Å². The van der Waals surface area contributed by atoms with Crippen LogP contribution in [0.2, 0.25) is 0 Å². The van der Waals surface area contributed by atoms with Gasteiger partial charge in [0.15, 0.2) is 5.82 Å². The van der Waals surface area contributed by atoms with Crippen LogP contribution < -0.4 is 5.32 Å². The lowest BCUT2D eigenvalue weighted by Gasteiger charge is -2.31. The summed E-state index contributed by atoms with van der Waals surface area (Å²) < 4.78 is 13.5. The minimum atomic E-state index is -0.0681. The summed E-state index contributed by atoms with van der Waals surface area (Å²) in [5.41, 5.74) is 2.76. The normalized spacial score (nSPS) is 17.8. The molecule has 0 spiro atoms. The van der Waals surface area contributed by atoms with Gasteiger partial charge in [0.05, 0.1) is 11.7 Å². The molecule has 2 amide bonds. The second-order valence-electron chi connectivity index (χ2n) is 6.20. The zero-order chi connectivity index (χ0) is 17.2. The van der Waals surface area contributed by atoms with Gasteiger partial charge in [0, 0.05) is 32.5 Å². The van der Waals surface area contributed by atoms with E-state index in [-0.39, 0.29) is 11.9 Å². The van der Waals surface area contributed by atoms with Crippen molar-refractivity contribution in [3.63, 3.8) is 0 Å². The SMILES string of the molecule is Cc1nc([C@@H]2CCCN(C(=O)NCc3ccc4nsnc4c3)C2)no1. The number of hydrogen-bond donors (Lipinski definition) is 1. The van der Waals surface area contributed by atoms with Gasteiger partial charge < -0.3 is 14.7 Å². The van der Waals surface area contributed by atoms with Crippen LogP contribution in [0, 0.1) is 6.92 Å². The Hall–Kier alpha value is -2.55. The molecule has 3 heterocycles. The Morgan fingerprint density at radius 1 is 1.40 bits per heavy atom. The third-order valence-electron chi connectivity index (χ3n) is 4.38.